The second-order valence-electron chi connectivity index (χ2n) is 3.44. The van der Waals surface area contributed by atoms with Crippen LogP contribution in [0.25, 0.3) is 0 Å². The average Bonchev–Trinajstić information content (AvgIpc) is 2.16. The van der Waals surface area contributed by atoms with E-state index in [1.165, 1.54) is 12.1 Å². The van der Waals surface area contributed by atoms with E-state index in [0.717, 1.165) is 6.42 Å². The number of anilines is 1. The molecule has 0 aliphatic heterocycles. The molecule has 1 aromatic carbocycles. The van der Waals surface area contributed by atoms with E-state index in [2.05, 4.69) is 4.74 Å². The topological polar surface area (TPSA) is 12.5 Å². The first-order chi connectivity index (χ1) is 7.44. The maximum atomic E-state index is 12.1. The Morgan fingerprint density at radius 3 is 2.44 bits per heavy atom. The van der Waals surface area contributed by atoms with Crippen molar-refractivity contribution in [2.24, 2.45) is 0 Å². The SMILES string of the molecule is CCCN(C)c1ccccc1OC(F)(F)F. The number of para-hydroxylation sites is 2. The average molecular weight is 233 g/mol. The second-order valence-corrected chi connectivity index (χ2v) is 3.44. The Morgan fingerprint density at radius 1 is 1.25 bits per heavy atom. The molecule has 0 unspecified atom stereocenters. The van der Waals surface area contributed by atoms with Gasteiger partial charge in [-0.15, -0.1) is 13.2 Å². The second kappa shape index (κ2) is 5.09. The highest BCUT2D eigenvalue weighted by molar-refractivity contribution is 5.57. The van der Waals surface area contributed by atoms with Crippen molar-refractivity contribution < 1.29 is 17.9 Å². The third-order valence-electron chi connectivity index (χ3n) is 2.06. The first-order valence-electron chi connectivity index (χ1n) is 5.00. The number of ether oxygens (including phenoxy) is 1. The molecular weight excluding hydrogens is 219 g/mol. The third kappa shape index (κ3) is 3.64. The number of rotatable bonds is 4. The zero-order chi connectivity index (χ0) is 12.2. The van der Waals surface area contributed by atoms with Crippen molar-refractivity contribution in [3.05, 3.63) is 24.3 Å². The van der Waals surface area contributed by atoms with E-state index < -0.39 is 6.36 Å². The van der Waals surface area contributed by atoms with E-state index in [1.807, 2.05) is 6.92 Å². The van der Waals surface area contributed by atoms with Crippen LogP contribution in [0.1, 0.15) is 13.3 Å². The van der Waals surface area contributed by atoms with Crippen LogP contribution in [0.15, 0.2) is 24.3 Å². The van der Waals surface area contributed by atoms with E-state index in [1.54, 1.807) is 24.1 Å². The molecular formula is C11H14F3NO. The molecule has 0 spiro atoms. The molecule has 2 nitrogen and oxygen atoms in total. The van der Waals surface area contributed by atoms with E-state index in [4.69, 9.17) is 0 Å². The van der Waals surface area contributed by atoms with Gasteiger partial charge < -0.3 is 9.64 Å². The third-order valence-corrected chi connectivity index (χ3v) is 2.06. The Morgan fingerprint density at radius 2 is 1.88 bits per heavy atom. The fourth-order valence-electron chi connectivity index (χ4n) is 1.44. The van der Waals surface area contributed by atoms with E-state index in [9.17, 15) is 13.2 Å². The van der Waals surface area contributed by atoms with Crippen molar-refractivity contribution >= 4 is 5.69 Å². The molecule has 0 bridgehead atoms. The molecule has 5 heteroatoms. The van der Waals surface area contributed by atoms with Crippen molar-refractivity contribution in [3.63, 3.8) is 0 Å². The smallest absolute Gasteiger partial charge is 0.404 e. The number of alkyl halides is 3. The molecule has 0 aliphatic carbocycles. The fourth-order valence-corrected chi connectivity index (χ4v) is 1.44. The van der Waals surface area contributed by atoms with Crippen LogP contribution in [-0.4, -0.2) is 20.0 Å². The van der Waals surface area contributed by atoms with E-state index in [0.29, 0.717) is 12.2 Å². The first-order valence-corrected chi connectivity index (χ1v) is 5.00. The number of benzene rings is 1. The van der Waals surface area contributed by atoms with Crippen molar-refractivity contribution in [1.82, 2.24) is 0 Å². The van der Waals surface area contributed by atoms with Gasteiger partial charge in [-0.3, -0.25) is 0 Å². The maximum absolute atomic E-state index is 12.1. The van der Waals surface area contributed by atoms with Gasteiger partial charge in [0.25, 0.3) is 0 Å². The minimum atomic E-state index is -4.65. The van der Waals surface area contributed by atoms with Crippen LogP contribution in [0.5, 0.6) is 5.75 Å². The summed E-state index contributed by atoms with van der Waals surface area (Å²) in [6, 6.07) is 6.13. The fraction of sp³-hybridized carbons (Fsp3) is 0.455. The minimum absolute atomic E-state index is 0.161. The summed E-state index contributed by atoms with van der Waals surface area (Å²) in [5.74, 6) is -0.161. The monoisotopic (exact) mass is 233 g/mol. The summed E-state index contributed by atoms with van der Waals surface area (Å²) in [5, 5.41) is 0. The lowest BCUT2D eigenvalue weighted by Crippen LogP contribution is -2.22. The molecule has 1 rings (SSSR count). The summed E-state index contributed by atoms with van der Waals surface area (Å²) in [7, 11) is 1.74. The van der Waals surface area contributed by atoms with E-state index >= 15 is 0 Å². The minimum Gasteiger partial charge on any atom is -0.404 e. The quantitative estimate of drug-likeness (QED) is 0.790. The van der Waals surface area contributed by atoms with Crippen LogP contribution in [0.4, 0.5) is 18.9 Å². The van der Waals surface area contributed by atoms with Gasteiger partial charge in [0.1, 0.15) is 0 Å². The standard InChI is InChI=1S/C11H14F3NO/c1-3-8-15(2)9-6-4-5-7-10(9)16-11(12,13)14/h4-7H,3,8H2,1-2H3. The van der Waals surface area contributed by atoms with Gasteiger partial charge in [-0.25, -0.2) is 0 Å². The van der Waals surface area contributed by atoms with Gasteiger partial charge >= 0.3 is 6.36 Å². The van der Waals surface area contributed by atoms with Crippen LogP contribution in [0.2, 0.25) is 0 Å². The summed E-state index contributed by atoms with van der Waals surface area (Å²) < 4.78 is 40.3. The lowest BCUT2D eigenvalue weighted by atomic mass is 10.2. The predicted molar refractivity (Wildman–Crippen MR) is 56.7 cm³/mol. The molecule has 0 aromatic heterocycles. The molecule has 0 fully saturated rings. The van der Waals surface area contributed by atoms with Crippen molar-refractivity contribution in [1.29, 1.82) is 0 Å². The molecule has 0 saturated heterocycles. The Balaban J connectivity index is 2.91. The highest BCUT2D eigenvalue weighted by Gasteiger charge is 2.32. The highest BCUT2D eigenvalue weighted by Crippen LogP contribution is 2.31. The molecule has 0 aliphatic rings. The van der Waals surface area contributed by atoms with Gasteiger partial charge in [0.05, 0.1) is 5.69 Å². The van der Waals surface area contributed by atoms with Gasteiger partial charge in [0.2, 0.25) is 0 Å². The first kappa shape index (κ1) is 12.7. The van der Waals surface area contributed by atoms with Crippen LogP contribution in [0, 0.1) is 0 Å². The van der Waals surface area contributed by atoms with Crippen LogP contribution in [-0.2, 0) is 0 Å². The summed E-state index contributed by atoms with van der Waals surface area (Å²) in [6.07, 6.45) is -3.79. The van der Waals surface area contributed by atoms with Crippen LogP contribution in [0.3, 0.4) is 0 Å². The van der Waals surface area contributed by atoms with Crippen LogP contribution >= 0.6 is 0 Å². The Kier molecular flexibility index (Phi) is 4.04. The van der Waals surface area contributed by atoms with Gasteiger partial charge in [-0.1, -0.05) is 19.1 Å². The lowest BCUT2D eigenvalue weighted by Gasteiger charge is -2.22. The maximum Gasteiger partial charge on any atom is 0.573 e. The van der Waals surface area contributed by atoms with E-state index in [-0.39, 0.29) is 5.75 Å². The van der Waals surface area contributed by atoms with Gasteiger partial charge in [-0.2, -0.15) is 0 Å². The lowest BCUT2D eigenvalue weighted by molar-refractivity contribution is -0.274. The molecule has 0 N–H and O–H groups in total. The van der Waals surface area contributed by atoms with Gasteiger partial charge in [0, 0.05) is 13.6 Å². The molecule has 0 atom stereocenters. The summed E-state index contributed by atoms with van der Waals surface area (Å²) in [5.41, 5.74) is 0.446. The Hall–Kier alpha value is -1.39. The van der Waals surface area contributed by atoms with Crippen molar-refractivity contribution in [2.45, 2.75) is 19.7 Å². The number of hydrogen-bond acceptors (Lipinski definition) is 2. The molecule has 0 radical (unpaired) electrons. The van der Waals surface area contributed by atoms with Crippen molar-refractivity contribution in [2.75, 3.05) is 18.5 Å². The number of nitrogens with zero attached hydrogens (tertiary/aromatic N) is 1. The predicted octanol–water partition coefficient (Wildman–Crippen LogP) is 3.43. The molecule has 90 valence electrons. The molecule has 0 saturated carbocycles. The van der Waals surface area contributed by atoms with Gasteiger partial charge in [0.15, 0.2) is 5.75 Å². The highest BCUT2D eigenvalue weighted by atomic mass is 19.4. The Labute approximate surface area is 92.6 Å². The van der Waals surface area contributed by atoms with Gasteiger partial charge in [-0.05, 0) is 18.6 Å². The summed E-state index contributed by atoms with van der Waals surface area (Å²) in [6.45, 7) is 2.64. The molecule has 0 amide bonds. The normalized spacial score (nSPS) is 11.3. The molecule has 0 heterocycles. The number of hydrogen-bond donors (Lipinski definition) is 0. The largest absolute Gasteiger partial charge is 0.573 e. The van der Waals surface area contributed by atoms with Crippen LogP contribution < -0.4 is 9.64 Å². The molecule has 1 aromatic rings. The summed E-state index contributed by atoms with van der Waals surface area (Å²) >= 11 is 0. The summed E-state index contributed by atoms with van der Waals surface area (Å²) in [4.78, 5) is 1.74. The zero-order valence-electron chi connectivity index (χ0n) is 9.21. The Bertz CT molecular complexity index is 338. The number of halogens is 3. The molecule has 16 heavy (non-hydrogen) atoms. The van der Waals surface area contributed by atoms with Crippen molar-refractivity contribution in [3.8, 4) is 5.75 Å². The zero-order valence-corrected chi connectivity index (χ0v) is 9.21.